The van der Waals surface area contributed by atoms with Crippen molar-refractivity contribution in [2.24, 2.45) is 0 Å². The predicted molar refractivity (Wildman–Crippen MR) is 216 cm³/mol. The molecule has 0 bridgehead atoms. The Morgan fingerprint density at radius 2 is 0.962 bits per heavy atom. The molecule has 1 N–H and O–H groups in total. The number of carbonyl (C=O) groups excluding carboxylic acids is 2. The maximum Gasteiger partial charge on any atom is 0.472 e. The van der Waals surface area contributed by atoms with Gasteiger partial charge < -0.3 is 14.4 Å². The maximum atomic E-state index is 12.5. The molecule has 0 aliphatic carbocycles. The Morgan fingerprint density at radius 3 is 1.46 bits per heavy atom. The fraction of sp³-hybridized carbons (Fsp3) is 0.814. The Hall–Kier alpha value is -1.73. The van der Waals surface area contributed by atoms with Crippen LogP contribution < -0.4 is 0 Å². The second kappa shape index (κ2) is 39.0. The second-order valence-corrected chi connectivity index (χ2v) is 15.5. The lowest BCUT2D eigenvalue weighted by atomic mass is 10.1. The van der Waals surface area contributed by atoms with Crippen molar-refractivity contribution >= 4 is 19.8 Å². The van der Waals surface area contributed by atoms with Gasteiger partial charge in [-0.2, -0.15) is 0 Å². The molecule has 0 radical (unpaired) electrons. The van der Waals surface area contributed by atoms with Crippen LogP contribution in [0, 0.1) is 0 Å². The Kier molecular flexibility index (Phi) is 37.7. The van der Waals surface area contributed by atoms with Gasteiger partial charge in [-0.25, -0.2) is 4.57 Å². The number of phosphoric ester groups is 1. The average molecular weight is 755 g/mol. The highest BCUT2D eigenvalue weighted by Crippen LogP contribution is 2.43. The summed E-state index contributed by atoms with van der Waals surface area (Å²) in [6.07, 6.45) is 43.4. The molecule has 0 heterocycles. The number of carbonyl (C=O) groups is 2. The largest absolute Gasteiger partial charge is 0.472 e. The third-order valence-electron chi connectivity index (χ3n) is 8.90. The highest BCUT2D eigenvalue weighted by molar-refractivity contribution is 7.47. The van der Waals surface area contributed by atoms with Crippen molar-refractivity contribution in [3.63, 3.8) is 0 Å². The van der Waals surface area contributed by atoms with E-state index in [2.05, 4.69) is 50.3 Å². The zero-order valence-corrected chi connectivity index (χ0v) is 34.6. The molecule has 0 amide bonds. The fourth-order valence-corrected chi connectivity index (χ4v) is 6.53. The van der Waals surface area contributed by atoms with Crippen molar-refractivity contribution in [1.29, 1.82) is 0 Å². The summed E-state index contributed by atoms with van der Waals surface area (Å²) < 4.78 is 32.6. The Balaban J connectivity index is 4.06. The molecule has 0 aromatic heterocycles. The summed E-state index contributed by atoms with van der Waals surface area (Å²) in [5, 5.41) is 0. The Labute approximate surface area is 319 Å². The molecule has 52 heavy (non-hydrogen) atoms. The van der Waals surface area contributed by atoms with Gasteiger partial charge in [0, 0.05) is 12.8 Å². The molecule has 0 aliphatic rings. The van der Waals surface area contributed by atoms with Gasteiger partial charge >= 0.3 is 19.8 Å². The molecule has 0 aromatic rings. The van der Waals surface area contributed by atoms with E-state index in [9.17, 15) is 19.0 Å². The number of hydrogen-bond donors (Lipinski definition) is 1. The molecule has 8 nitrogen and oxygen atoms in total. The van der Waals surface area contributed by atoms with Crippen molar-refractivity contribution in [3.05, 3.63) is 36.5 Å². The van der Waals surface area contributed by atoms with Gasteiger partial charge in [0.2, 0.25) is 0 Å². The van der Waals surface area contributed by atoms with E-state index in [1.54, 1.807) is 6.92 Å². The minimum absolute atomic E-state index is 0.00283. The zero-order chi connectivity index (χ0) is 38.2. The molecular weight excluding hydrogens is 675 g/mol. The van der Waals surface area contributed by atoms with Crippen LogP contribution in [0.25, 0.3) is 0 Å². The monoisotopic (exact) mass is 755 g/mol. The lowest BCUT2D eigenvalue weighted by Crippen LogP contribution is -2.29. The Morgan fingerprint density at radius 1 is 0.519 bits per heavy atom. The lowest BCUT2D eigenvalue weighted by Gasteiger charge is -2.19. The predicted octanol–water partition coefficient (Wildman–Crippen LogP) is 13.2. The number of unbranched alkanes of at least 4 members (excludes halogenated alkanes) is 21. The van der Waals surface area contributed by atoms with E-state index in [4.69, 9.17) is 18.5 Å². The highest BCUT2D eigenvalue weighted by atomic mass is 31.2. The van der Waals surface area contributed by atoms with Crippen LogP contribution in [0.2, 0.25) is 0 Å². The van der Waals surface area contributed by atoms with Crippen LogP contribution in [0.15, 0.2) is 36.5 Å². The highest BCUT2D eigenvalue weighted by Gasteiger charge is 2.25. The van der Waals surface area contributed by atoms with Crippen LogP contribution in [0.3, 0.4) is 0 Å². The van der Waals surface area contributed by atoms with E-state index in [1.807, 2.05) is 0 Å². The molecule has 2 atom stereocenters. The summed E-state index contributed by atoms with van der Waals surface area (Å²) in [7, 11) is -4.28. The van der Waals surface area contributed by atoms with E-state index in [0.717, 1.165) is 64.2 Å². The summed E-state index contributed by atoms with van der Waals surface area (Å²) >= 11 is 0. The SMILES string of the molecule is CCC/C=C\C/C=C\CCCCCCCC(=O)OC(COC(=O)CCCCCCCCCCC/C=C\CCCCCCCC)COP(=O)(O)OCC. The number of hydrogen-bond acceptors (Lipinski definition) is 7. The number of ether oxygens (including phenoxy) is 2. The van der Waals surface area contributed by atoms with Crippen molar-refractivity contribution in [3.8, 4) is 0 Å². The zero-order valence-electron chi connectivity index (χ0n) is 33.7. The number of allylic oxidation sites excluding steroid dienone is 6. The van der Waals surface area contributed by atoms with Gasteiger partial charge in [-0.3, -0.25) is 18.6 Å². The van der Waals surface area contributed by atoms with Crippen molar-refractivity contribution in [1.82, 2.24) is 0 Å². The van der Waals surface area contributed by atoms with Gasteiger partial charge in [-0.15, -0.1) is 0 Å². The minimum atomic E-state index is -4.28. The van der Waals surface area contributed by atoms with E-state index in [-0.39, 0.29) is 32.0 Å². The van der Waals surface area contributed by atoms with Crippen molar-refractivity contribution in [2.45, 2.75) is 207 Å². The standard InChI is InChI=1S/C43H79O8P/c1-4-7-9-11-13-15-17-19-20-21-22-23-24-26-27-29-31-33-35-37-42(44)48-39-41(40-50-52(46,47)49-6-3)51-43(45)38-36-34-32-30-28-25-18-16-14-12-10-8-5-2/h10,12,16,18-20,41H,4-9,11,13-15,17,21-40H2,1-3H3,(H,46,47)/b12-10-,18-16-,20-19-. The van der Waals surface area contributed by atoms with Gasteiger partial charge in [0.15, 0.2) is 6.10 Å². The molecule has 2 unspecified atom stereocenters. The molecule has 0 aromatic carbocycles. The van der Waals surface area contributed by atoms with Gasteiger partial charge in [-0.1, -0.05) is 153 Å². The molecule has 0 fully saturated rings. The van der Waals surface area contributed by atoms with Gasteiger partial charge in [0.05, 0.1) is 13.2 Å². The number of rotatable bonds is 39. The summed E-state index contributed by atoms with van der Waals surface area (Å²) in [6.45, 7) is 5.39. The van der Waals surface area contributed by atoms with Gasteiger partial charge in [0.1, 0.15) is 6.61 Å². The number of phosphoric acid groups is 1. The van der Waals surface area contributed by atoms with Crippen LogP contribution >= 0.6 is 7.82 Å². The molecule has 0 spiro atoms. The van der Waals surface area contributed by atoms with E-state index in [0.29, 0.717) is 6.42 Å². The summed E-state index contributed by atoms with van der Waals surface area (Å²) in [4.78, 5) is 34.7. The quantitative estimate of drug-likeness (QED) is 0.0286. The number of esters is 2. The topological polar surface area (TPSA) is 108 Å². The minimum Gasteiger partial charge on any atom is -0.462 e. The first kappa shape index (κ1) is 50.3. The third kappa shape index (κ3) is 38.0. The van der Waals surface area contributed by atoms with Crippen LogP contribution in [0.5, 0.6) is 0 Å². The first-order chi connectivity index (χ1) is 25.3. The van der Waals surface area contributed by atoms with Crippen molar-refractivity contribution in [2.75, 3.05) is 19.8 Å². The van der Waals surface area contributed by atoms with Crippen LogP contribution in [0.4, 0.5) is 0 Å². The maximum absolute atomic E-state index is 12.5. The summed E-state index contributed by atoms with van der Waals surface area (Å²) in [5.74, 6) is -0.814. The molecular formula is C43H79O8P. The van der Waals surface area contributed by atoms with E-state index >= 15 is 0 Å². The van der Waals surface area contributed by atoms with Crippen LogP contribution in [-0.2, 0) is 32.7 Å². The first-order valence-electron chi connectivity index (χ1n) is 21.3. The van der Waals surface area contributed by atoms with E-state index < -0.39 is 26.5 Å². The van der Waals surface area contributed by atoms with Gasteiger partial charge in [0.25, 0.3) is 0 Å². The molecule has 0 rings (SSSR count). The van der Waals surface area contributed by atoms with Crippen LogP contribution in [-0.4, -0.2) is 42.8 Å². The molecule has 304 valence electrons. The lowest BCUT2D eigenvalue weighted by molar-refractivity contribution is -0.161. The Bertz CT molecular complexity index is 947. The molecule has 0 aliphatic heterocycles. The second-order valence-electron chi connectivity index (χ2n) is 14.0. The fourth-order valence-electron chi connectivity index (χ4n) is 5.78. The van der Waals surface area contributed by atoms with Crippen LogP contribution in [0.1, 0.15) is 201 Å². The average Bonchev–Trinajstić information content (AvgIpc) is 3.12. The summed E-state index contributed by atoms with van der Waals surface area (Å²) in [5.41, 5.74) is 0. The van der Waals surface area contributed by atoms with Gasteiger partial charge in [-0.05, 0) is 71.1 Å². The van der Waals surface area contributed by atoms with E-state index in [1.165, 1.54) is 96.3 Å². The first-order valence-corrected chi connectivity index (χ1v) is 22.8. The van der Waals surface area contributed by atoms with Crippen molar-refractivity contribution < 1.29 is 37.6 Å². The smallest absolute Gasteiger partial charge is 0.462 e. The molecule has 9 heteroatoms. The molecule has 0 saturated carbocycles. The third-order valence-corrected chi connectivity index (χ3v) is 9.96. The molecule has 0 saturated heterocycles. The summed E-state index contributed by atoms with van der Waals surface area (Å²) in [6, 6.07) is 0. The normalized spacial score (nSPS) is 13.7.